The average molecular weight is 250 g/mol. The monoisotopic (exact) mass is 250 g/mol. The van der Waals surface area contributed by atoms with Crippen molar-refractivity contribution in [1.29, 1.82) is 0 Å². The molecule has 3 rings (SSSR count). The Balaban J connectivity index is 1.60. The molecule has 2 aromatic rings. The van der Waals surface area contributed by atoms with Gasteiger partial charge in [-0.05, 0) is 12.8 Å². The number of nitrogens with zero attached hydrogens (tertiary/aromatic N) is 3. The van der Waals surface area contributed by atoms with Crippen LogP contribution in [0.3, 0.4) is 0 Å². The maximum absolute atomic E-state index is 5.40. The van der Waals surface area contributed by atoms with Crippen molar-refractivity contribution in [3.8, 4) is 0 Å². The normalized spacial score (nSPS) is 16.5. The highest BCUT2D eigenvalue weighted by atomic mass is 32.1. The van der Waals surface area contributed by atoms with E-state index in [4.69, 9.17) is 4.52 Å². The lowest BCUT2D eigenvalue weighted by atomic mass is 10.1. The van der Waals surface area contributed by atoms with E-state index in [1.165, 1.54) is 37.2 Å². The Morgan fingerprint density at radius 3 is 3.06 bits per heavy atom. The van der Waals surface area contributed by atoms with Gasteiger partial charge >= 0.3 is 0 Å². The number of nitrogens with one attached hydrogen (secondary N) is 1. The molecule has 0 saturated heterocycles. The summed E-state index contributed by atoms with van der Waals surface area (Å²) < 4.78 is 9.32. The van der Waals surface area contributed by atoms with Crippen molar-refractivity contribution in [3.63, 3.8) is 0 Å². The molecule has 0 spiro atoms. The second-order valence-corrected chi connectivity index (χ2v) is 5.08. The third-order valence-electron chi connectivity index (χ3n) is 3.12. The van der Waals surface area contributed by atoms with E-state index >= 15 is 0 Å². The Hall–Kier alpha value is -1.43. The van der Waals surface area contributed by atoms with Gasteiger partial charge in [0.15, 0.2) is 0 Å². The Bertz CT molecular complexity index is 462. The molecule has 0 amide bonds. The summed E-state index contributed by atoms with van der Waals surface area (Å²) in [6, 6.07) is 2.06. The van der Waals surface area contributed by atoms with Crippen molar-refractivity contribution >= 4 is 16.7 Å². The molecule has 2 aromatic heterocycles. The molecular formula is C11H14N4OS. The first kappa shape index (κ1) is 10.7. The van der Waals surface area contributed by atoms with E-state index < -0.39 is 0 Å². The summed E-state index contributed by atoms with van der Waals surface area (Å²) in [7, 11) is 0. The Morgan fingerprint density at radius 2 is 2.29 bits per heavy atom. The third kappa shape index (κ3) is 2.46. The van der Waals surface area contributed by atoms with Crippen molar-refractivity contribution in [1.82, 2.24) is 14.5 Å². The minimum atomic E-state index is 0.581. The van der Waals surface area contributed by atoms with E-state index in [0.29, 0.717) is 12.5 Å². The maximum Gasteiger partial charge on any atom is 0.202 e. The lowest BCUT2D eigenvalue weighted by Crippen LogP contribution is -1.98. The fraction of sp³-hybridized carbons (Fsp3) is 0.545. The molecule has 0 aromatic carbocycles. The molecule has 90 valence electrons. The highest BCUT2D eigenvalue weighted by Crippen LogP contribution is 2.34. The van der Waals surface area contributed by atoms with Crippen molar-refractivity contribution in [3.05, 3.63) is 23.8 Å². The minimum absolute atomic E-state index is 0.581. The van der Waals surface area contributed by atoms with Crippen LogP contribution in [-0.4, -0.2) is 14.5 Å². The Labute approximate surface area is 103 Å². The Morgan fingerprint density at radius 1 is 1.41 bits per heavy atom. The van der Waals surface area contributed by atoms with E-state index in [1.54, 1.807) is 6.33 Å². The van der Waals surface area contributed by atoms with Crippen LogP contribution >= 0.6 is 11.5 Å². The molecule has 1 saturated carbocycles. The van der Waals surface area contributed by atoms with E-state index in [9.17, 15) is 0 Å². The molecule has 17 heavy (non-hydrogen) atoms. The molecule has 1 N–H and O–H groups in total. The minimum Gasteiger partial charge on any atom is -0.361 e. The quantitative estimate of drug-likeness (QED) is 0.904. The average Bonchev–Trinajstić information content (AvgIpc) is 3.09. The van der Waals surface area contributed by atoms with Crippen LogP contribution in [0.25, 0.3) is 0 Å². The highest BCUT2D eigenvalue weighted by molar-refractivity contribution is 7.09. The second kappa shape index (κ2) is 4.83. The largest absolute Gasteiger partial charge is 0.361 e. The lowest BCUT2D eigenvalue weighted by Gasteiger charge is -2.00. The van der Waals surface area contributed by atoms with Crippen molar-refractivity contribution in [2.45, 2.75) is 38.1 Å². The van der Waals surface area contributed by atoms with Crippen molar-refractivity contribution in [2.24, 2.45) is 0 Å². The molecule has 0 aliphatic heterocycles. The van der Waals surface area contributed by atoms with E-state index in [-0.39, 0.29) is 0 Å². The smallest absolute Gasteiger partial charge is 0.202 e. The SMILES string of the molecule is c1nsc(NCc2cc(C3CCCC3)on2)n1. The van der Waals surface area contributed by atoms with Gasteiger partial charge in [-0.25, -0.2) is 4.98 Å². The molecule has 1 fully saturated rings. The number of anilines is 1. The molecule has 0 radical (unpaired) electrons. The van der Waals surface area contributed by atoms with Crippen LogP contribution in [0.5, 0.6) is 0 Å². The first-order valence-corrected chi connectivity index (χ1v) is 6.65. The number of hydrogen-bond acceptors (Lipinski definition) is 6. The van der Waals surface area contributed by atoms with Crippen LogP contribution in [0.1, 0.15) is 43.1 Å². The molecule has 0 bridgehead atoms. The molecule has 6 heteroatoms. The molecule has 1 aliphatic carbocycles. The van der Waals surface area contributed by atoms with Gasteiger partial charge in [0.2, 0.25) is 5.13 Å². The van der Waals surface area contributed by atoms with Gasteiger partial charge in [0.1, 0.15) is 17.8 Å². The van der Waals surface area contributed by atoms with Crippen LogP contribution in [0, 0.1) is 0 Å². The molecule has 0 atom stereocenters. The molecule has 2 heterocycles. The van der Waals surface area contributed by atoms with Gasteiger partial charge in [-0.2, -0.15) is 4.37 Å². The molecule has 5 nitrogen and oxygen atoms in total. The van der Waals surface area contributed by atoms with Gasteiger partial charge in [-0.1, -0.05) is 18.0 Å². The summed E-state index contributed by atoms with van der Waals surface area (Å²) in [6.45, 7) is 0.644. The van der Waals surface area contributed by atoms with Gasteiger partial charge < -0.3 is 9.84 Å². The number of aromatic nitrogens is 3. The number of rotatable bonds is 4. The van der Waals surface area contributed by atoms with Crippen LogP contribution in [-0.2, 0) is 6.54 Å². The topological polar surface area (TPSA) is 63.8 Å². The Kier molecular flexibility index (Phi) is 3.04. The second-order valence-electron chi connectivity index (χ2n) is 4.30. The fourth-order valence-corrected chi connectivity index (χ4v) is 2.66. The molecule has 0 unspecified atom stereocenters. The van der Waals surface area contributed by atoms with Crippen LogP contribution in [0.2, 0.25) is 0 Å². The first-order chi connectivity index (χ1) is 8.42. The molecule has 1 aliphatic rings. The molecular weight excluding hydrogens is 236 g/mol. The standard InChI is InChI=1S/C11H14N4OS/c1-2-4-8(3-1)10-5-9(15-16-10)6-12-11-13-7-14-17-11/h5,7-8H,1-4,6H2,(H,12,13,14). The predicted molar refractivity (Wildman–Crippen MR) is 64.9 cm³/mol. The van der Waals surface area contributed by atoms with Crippen LogP contribution in [0.4, 0.5) is 5.13 Å². The first-order valence-electron chi connectivity index (χ1n) is 5.88. The fourth-order valence-electron chi connectivity index (χ4n) is 2.23. The summed E-state index contributed by atoms with van der Waals surface area (Å²) in [5.74, 6) is 1.62. The summed E-state index contributed by atoms with van der Waals surface area (Å²) in [6.07, 6.45) is 6.63. The van der Waals surface area contributed by atoms with Gasteiger partial charge in [-0.15, -0.1) is 0 Å². The zero-order valence-corrected chi connectivity index (χ0v) is 10.2. The van der Waals surface area contributed by atoms with E-state index in [1.807, 2.05) is 0 Å². The third-order valence-corrected chi connectivity index (χ3v) is 3.74. The zero-order chi connectivity index (χ0) is 11.5. The van der Waals surface area contributed by atoms with Gasteiger partial charge in [0.25, 0.3) is 0 Å². The van der Waals surface area contributed by atoms with Crippen LogP contribution in [0.15, 0.2) is 16.9 Å². The van der Waals surface area contributed by atoms with E-state index in [2.05, 4.69) is 25.9 Å². The van der Waals surface area contributed by atoms with Crippen molar-refractivity contribution < 1.29 is 4.52 Å². The van der Waals surface area contributed by atoms with Gasteiger partial charge in [0.05, 0.1) is 6.54 Å². The summed E-state index contributed by atoms with van der Waals surface area (Å²) in [5, 5.41) is 8.06. The van der Waals surface area contributed by atoms with Gasteiger partial charge in [-0.3, -0.25) is 0 Å². The summed E-state index contributed by atoms with van der Waals surface area (Å²) >= 11 is 1.34. The maximum atomic E-state index is 5.40. The van der Waals surface area contributed by atoms with E-state index in [0.717, 1.165) is 16.6 Å². The lowest BCUT2D eigenvalue weighted by molar-refractivity contribution is 0.356. The van der Waals surface area contributed by atoms with Crippen molar-refractivity contribution in [2.75, 3.05) is 5.32 Å². The summed E-state index contributed by atoms with van der Waals surface area (Å²) in [4.78, 5) is 4.05. The predicted octanol–water partition coefficient (Wildman–Crippen LogP) is 2.80. The zero-order valence-electron chi connectivity index (χ0n) is 9.43. The van der Waals surface area contributed by atoms with Crippen LogP contribution < -0.4 is 5.32 Å². The van der Waals surface area contributed by atoms with Gasteiger partial charge in [0, 0.05) is 23.5 Å². The number of hydrogen-bond donors (Lipinski definition) is 1. The highest BCUT2D eigenvalue weighted by Gasteiger charge is 2.21. The summed E-state index contributed by atoms with van der Waals surface area (Å²) in [5.41, 5.74) is 0.933.